The number of benzene rings is 1. The molecule has 3 aromatic rings. The molecule has 0 radical (unpaired) electrons. The van der Waals surface area contributed by atoms with Crippen LogP contribution in [-0.2, 0) is 0 Å². The number of nitrogens with one attached hydrogen (secondary N) is 2. The van der Waals surface area contributed by atoms with Crippen molar-refractivity contribution < 1.29 is 13.2 Å². The summed E-state index contributed by atoms with van der Waals surface area (Å²) in [6, 6.07) is 5.39. The first-order valence-corrected chi connectivity index (χ1v) is 9.31. The molecule has 1 aromatic carbocycles. The Morgan fingerprint density at radius 1 is 1.17 bits per heavy atom. The first-order valence-electron chi connectivity index (χ1n) is 9.31. The molecule has 2 aromatic heterocycles. The van der Waals surface area contributed by atoms with E-state index in [4.69, 9.17) is 0 Å². The summed E-state index contributed by atoms with van der Waals surface area (Å²) in [4.78, 5) is 13.3. The number of anilines is 1. The molecular formula is C21H20F3N5. The van der Waals surface area contributed by atoms with Gasteiger partial charge in [-0.3, -0.25) is 0 Å². The van der Waals surface area contributed by atoms with Gasteiger partial charge < -0.3 is 10.6 Å². The van der Waals surface area contributed by atoms with E-state index in [1.54, 1.807) is 20.0 Å². The van der Waals surface area contributed by atoms with Gasteiger partial charge in [0, 0.05) is 24.8 Å². The predicted molar refractivity (Wildman–Crippen MR) is 106 cm³/mol. The minimum atomic E-state index is -2.87. The van der Waals surface area contributed by atoms with Crippen LogP contribution in [0.5, 0.6) is 0 Å². The van der Waals surface area contributed by atoms with Gasteiger partial charge in [0.25, 0.3) is 6.43 Å². The molecule has 2 N–H and O–H groups in total. The van der Waals surface area contributed by atoms with Crippen molar-refractivity contribution in [2.45, 2.75) is 26.3 Å². The molecule has 1 unspecified atom stereocenters. The van der Waals surface area contributed by atoms with Crippen molar-refractivity contribution in [3.63, 3.8) is 0 Å². The van der Waals surface area contributed by atoms with Crippen molar-refractivity contribution in [1.82, 2.24) is 20.3 Å². The van der Waals surface area contributed by atoms with Gasteiger partial charge in [0.15, 0.2) is 5.65 Å². The van der Waals surface area contributed by atoms with Crippen LogP contribution in [0.2, 0.25) is 0 Å². The molecule has 0 fully saturated rings. The maximum atomic E-state index is 14.6. The third-order valence-electron chi connectivity index (χ3n) is 4.96. The lowest BCUT2D eigenvalue weighted by molar-refractivity contribution is 0.146. The number of nitrogens with zero attached hydrogens (tertiary/aromatic N) is 3. The molecule has 1 aliphatic heterocycles. The smallest absolute Gasteiger partial charge is 0.266 e. The summed E-state index contributed by atoms with van der Waals surface area (Å²) in [6.07, 6.45) is 0.996. The Hall–Kier alpha value is -3.00. The summed E-state index contributed by atoms with van der Waals surface area (Å²) in [5, 5.41) is 7.10. The van der Waals surface area contributed by atoms with Gasteiger partial charge in [-0.2, -0.15) is 0 Å². The molecule has 8 heteroatoms. The highest BCUT2D eigenvalue weighted by molar-refractivity contribution is 5.89. The van der Waals surface area contributed by atoms with E-state index in [9.17, 15) is 13.2 Å². The average Bonchev–Trinajstić information content (AvgIpc) is 3.22. The molecule has 0 amide bonds. The summed E-state index contributed by atoms with van der Waals surface area (Å²) in [5.41, 5.74) is 2.15. The summed E-state index contributed by atoms with van der Waals surface area (Å²) in [5.74, 6) is 0.0948. The van der Waals surface area contributed by atoms with Crippen molar-refractivity contribution >= 4 is 22.4 Å². The van der Waals surface area contributed by atoms with Gasteiger partial charge in [0.05, 0.1) is 17.0 Å². The molecule has 4 rings (SSSR count). The number of hydrogen-bond acceptors (Lipinski definition) is 5. The van der Waals surface area contributed by atoms with Gasteiger partial charge in [-0.25, -0.2) is 28.1 Å². The number of halogens is 3. The number of fused-ring (bicyclic) bond motifs is 1. The monoisotopic (exact) mass is 399 g/mol. The fraction of sp³-hybridized carbons (Fsp3) is 0.286. The Labute approximate surface area is 166 Å². The zero-order valence-corrected chi connectivity index (χ0v) is 16.0. The lowest BCUT2D eigenvalue weighted by Gasteiger charge is -2.18. The van der Waals surface area contributed by atoms with Gasteiger partial charge in [0.2, 0.25) is 0 Å². The molecule has 1 atom stereocenters. The van der Waals surface area contributed by atoms with Crippen LogP contribution in [0.1, 0.15) is 41.9 Å². The first-order chi connectivity index (χ1) is 13.9. The Kier molecular flexibility index (Phi) is 5.19. The molecule has 0 bridgehead atoms. The molecule has 3 heterocycles. The zero-order chi connectivity index (χ0) is 20.5. The number of aryl methyl sites for hydroxylation is 1. The molecule has 0 saturated carbocycles. The van der Waals surface area contributed by atoms with E-state index in [0.717, 1.165) is 30.3 Å². The minimum Gasteiger partial charge on any atom is -0.363 e. The number of pyridine rings is 1. The van der Waals surface area contributed by atoms with Crippen LogP contribution in [0.25, 0.3) is 16.6 Å². The van der Waals surface area contributed by atoms with Gasteiger partial charge in [-0.1, -0.05) is 24.3 Å². The van der Waals surface area contributed by atoms with Crippen LogP contribution in [0.4, 0.5) is 19.0 Å². The van der Waals surface area contributed by atoms with Crippen molar-refractivity contribution in [2.24, 2.45) is 0 Å². The molecule has 29 heavy (non-hydrogen) atoms. The quantitative estimate of drug-likeness (QED) is 0.658. The number of alkyl halides is 2. The standard InChI is InChI=1S/C21H20F3N5/c1-11(15-4-3-5-16(18(15)22)19(23)24)27-21-17-8-14(13-6-7-25-9-13)10-26-20(17)28-12(2)29-21/h3-6,8,10-11,19,25H,7,9H2,1-2H3,(H,26,27,28,29). The largest absolute Gasteiger partial charge is 0.363 e. The summed E-state index contributed by atoms with van der Waals surface area (Å²) >= 11 is 0. The van der Waals surface area contributed by atoms with E-state index in [0.29, 0.717) is 22.7 Å². The highest BCUT2D eigenvalue weighted by Crippen LogP contribution is 2.31. The van der Waals surface area contributed by atoms with E-state index in [2.05, 4.69) is 31.7 Å². The van der Waals surface area contributed by atoms with Crippen molar-refractivity contribution in [3.05, 3.63) is 64.9 Å². The van der Waals surface area contributed by atoms with Crippen LogP contribution in [0, 0.1) is 12.7 Å². The van der Waals surface area contributed by atoms with Crippen molar-refractivity contribution in [3.8, 4) is 0 Å². The number of aromatic nitrogens is 3. The van der Waals surface area contributed by atoms with Gasteiger partial charge in [-0.05, 0) is 31.1 Å². The molecule has 5 nitrogen and oxygen atoms in total. The summed E-state index contributed by atoms with van der Waals surface area (Å²) < 4.78 is 40.7. The van der Waals surface area contributed by atoms with Gasteiger partial charge in [-0.15, -0.1) is 0 Å². The molecular weight excluding hydrogens is 379 g/mol. The SMILES string of the molecule is Cc1nc(NC(C)c2cccc(C(F)F)c2F)c2cc(C3=CCNC3)cnc2n1. The third kappa shape index (κ3) is 3.80. The van der Waals surface area contributed by atoms with E-state index in [1.807, 2.05) is 6.07 Å². The average molecular weight is 399 g/mol. The number of rotatable bonds is 5. The van der Waals surface area contributed by atoms with Gasteiger partial charge >= 0.3 is 0 Å². The first kappa shape index (κ1) is 19.3. The second-order valence-electron chi connectivity index (χ2n) is 6.99. The maximum absolute atomic E-state index is 14.6. The van der Waals surface area contributed by atoms with Crippen LogP contribution >= 0.6 is 0 Å². The summed E-state index contributed by atoms with van der Waals surface area (Å²) in [6.45, 7) is 5.01. The highest BCUT2D eigenvalue weighted by Gasteiger charge is 2.20. The topological polar surface area (TPSA) is 62.7 Å². The molecule has 1 aliphatic rings. The Balaban J connectivity index is 1.73. The lowest BCUT2D eigenvalue weighted by Crippen LogP contribution is -2.12. The van der Waals surface area contributed by atoms with E-state index < -0.39 is 23.8 Å². The lowest BCUT2D eigenvalue weighted by atomic mass is 10.0. The zero-order valence-electron chi connectivity index (χ0n) is 16.0. The molecule has 150 valence electrons. The van der Waals surface area contributed by atoms with Crippen LogP contribution < -0.4 is 10.6 Å². The van der Waals surface area contributed by atoms with Crippen molar-refractivity contribution in [2.75, 3.05) is 18.4 Å². The fourth-order valence-electron chi connectivity index (χ4n) is 3.46. The molecule has 0 saturated heterocycles. The number of hydrogen-bond donors (Lipinski definition) is 2. The predicted octanol–water partition coefficient (Wildman–Crippen LogP) is 4.57. The summed E-state index contributed by atoms with van der Waals surface area (Å²) in [7, 11) is 0. The van der Waals surface area contributed by atoms with Crippen LogP contribution in [0.15, 0.2) is 36.5 Å². The maximum Gasteiger partial charge on any atom is 0.266 e. The second-order valence-corrected chi connectivity index (χ2v) is 6.99. The Morgan fingerprint density at radius 2 is 1.97 bits per heavy atom. The Bertz CT molecular complexity index is 1100. The molecule has 0 spiro atoms. The fourth-order valence-corrected chi connectivity index (χ4v) is 3.46. The molecule has 0 aliphatic carbocycles. The van der Waals surface area contributed by atoms with E-state index in [1.165, 1.54) is 12.1 Å². The second kappa shape index (κ2) is 7.79. The van der Waals surface area contributed by atoms with E-state index >= 15 is 0 Å². The van der Waals surface area contributed by atoms with Crippen molar-refractivity contribution in [1.29, 1.82) is 0 Å². The van der Waals surface area contributed by atoms with Crippen LogP contribution in [-0.4, -0.2) is 28.0 Å². The van der Waals surface area contributed by atoms with Gasteiger partial charge in [0.1, 0.15) is 17.5 Å². The van der Waals surface area contributed by atoms with E-state index in [-0.39, 0.29) is 5.56 Å². The minimum absolute atomic E-state index is 0.152. The third-order valence-corrected chi connectivity index (χ3v) is 4.96. The highest BCUT2D eigenvalue weighted by atomic mass is 19.3. The van der Waals surface area contributed by atoms with Crippen LogP contribution in [0.3, 0.4) is 0 Å². The Morgan fingerprint density at radius 3 is 2.69 bits per heavy atom. The normalized spacial score (nSPS) is 15.0.